The van der Waals surface area contributed by atoms with Gasteiger partial charge in [-0.3, -0.25) is 17.4 Å². The first-order valence-corrected chi connectivity index (χ1v) is 8.13. The Kier molecular flexibility index (Phi) is 5.67. The van der Waals surface area contributed by atoms with Gasteiger partial charge < -0.3 is 9.11 Å². The molecule has 2 rings (SSSR count). The molecular weight excluding hydrogens is 303 g/mol. The highest BCUT2D eigenvalue weighted by atomic mass is 35.5. The van der Waals surface area contributed by atoms with E-state index < -0.39 is 10.4 Å². The summed E-state index contributed by atoms with van der Waals surface area (Å²) in [4.78, 5) is 0. The second-order valence-corrected chi connectivity index (χ2v) is 6.52. The van der Waals surface area contributed by atoms with Crippen molar-refractivity contribution in [1.82, 2.24) is 0 Å². The molecule has 0 atom stereocenters. The van der Waals surface area contributed by atoms with Gasteiger partial charge in [-0.25, -0.2) is 0 Å². The molecule has 18 heavy (non-hydrogen) atoms. The molecule has 6 nitrogen and oxygen atoms in total. The van der Waals surface area contributed by atoms with Crippen LogP contribution in [-0.4, -0.2) is 84.2 Å². The van der Waals surface area contributed by atoms with Crippen LogP contribution in [0.15, 0.2) is 0 Å². The fourth-order valence-corrected chi connectivity index (χ4v) is 3.66. The van der Waals surface area contributed by atoms with Gasteiger partial charge in [-0.15, -0.1) is 23.2 Å². The van der Waals surface area contributed by atoms with Crippen molar-refractivity contribution >= 4 is 33.6 Å². The van der Waals surface area contributed by atoms with Gasteiger partial charge in [-0.1, -0.05) is 0 Å². The monoisotopic (exact) mass is 320 g/mol. The average Bonchev–Trinajstić information content (AvgIpc) is 2.71. The van der Waals surface area contributed by atoms with Gasteiger partial charge in [-0.05, 0) is 0 Å². The summed E-state index contributed by atoms with van der Waals surface area (Å²) in [5, 5.41) is 0. The molecule has 0 amide bonds. The Balaban J connectivity index is 0.000000280. The van der Waals surface area contributed by atoms with Crippen LogP contribution in [0, 0.1) is 0 Å². The SMILES string of the molecule is ClCC[N+]12CC[N+](CCCl)(CC1)C2.O=S(=O)([O-])[O-]. The zero-order valence-corrected chi connectivity index (χ0v) is 12.4. The van der Waals surface area contributed by atoms with Crippen molar-refractivity contribution in [1.29, 1.82) is 0 Å². The van der Waals surface area contributed by atoms with Gasteiger partial charge in [0, 0.05) is 10.4 Å². The number of hydrogen-bond acceptors (Lipinski definition) is 4. The summed E-state index contributed by atoms with van der Waals surface area (Å²) in [5.41, 5.74) is 0. The molecule has 0 saturated carbocycles. The predicted octanol–water partition coefficient (Wildman–Crippen LogP) is -0.256. The number of piperazine rings is 1. The molecule has 0 unspecified atom stereocenters. The largest absolute Gasteiger partial charge is 0.759 e. The second kappa shape index (κ2) is 6.21. The smallest absolute Gasteiger partial charge is 0.208 e. The van der Waals surface area contributed by atoms with Crippen LogP contribution in [0.3, 0.4) is 0 Å². The van der Waals surface area contributed by atoms with Gasteiger partial charge in [-0.2, -0.15) is 0 Å². The van der Waals surface area contributed by atoms with E-state index >= 15 is 0 Å². The van der Waals surface area contributed by atoms with Gasteiger partial charge in [0.05, 0.1) is 24.8 Å². The van der Waals surface area contributed by atoms with Crippen molar-refractivity contribution in [3.8, 4) is 0 Å². The summed E-state index contributed by atoms with van der Waals surface area (Å²) >= 11 is 11.7. The Morgan fingerprint density at radius 2 is 1.17 bits per heavy atom. The first-order chi connectivity index (χ1) is 8.24. The molecule has 0 radical (unpaired) electrons. The molecule has 0 aliphatic carbocycles. The van der Waals surface area contributed by atoms with Crippen molar-refractivity contribution in [3.63, 3.8) is 0 Å². The molecule has 2 aliphatic rings. The van der Waals surface area contributed by atoms with Gasteiger partial charge in [0.25, 0.3) is 0 Å². The Bertz CT molecular complexity index is 341. The lowest BCUT2D eigenvalue weighted by atomic mass is 10.3. The van der Waals surface area contributed by atoms with Crippen LogP contribution in [-0.2, 0) is 10.4 Å². The van der Waals surface area contributed by atoms with Crippen LogP contribution < -0.4 is 0 Å². The van der Waals surface area contributed by atoms with E-state index in [2.05, 4.69) is 0 Å². The highest BCUT2D eigenvalue weighted by Gasteiger charge is 2.54. The van der Waals surface area contributed by atoms with E-state index in [0.29, 0.717) is 0 Å². The lowest BCUT2D eigenvalue weighted by molar-refractivity contribution is -0.985. The molecule has 0 spiro atoms. The van der Waals surface area contributed by atoms with Crippen molar-refractivity contribution in [3.05, 3.63) is 0 Å². The normalized spacial score (nSPS) is 34.2. The van der Waals surface area contributed by atoms with E-state index in [4.69, 9.17) is 40.7 Å². The molecule has 2 bridgehead atoms. The maximum absolute atomic E-state index is 8.52. The molecule has 2 heterocycles. The van der Waals surface area contributed by atoms with Gasteiger partial charge in [0.15, 0.2) is 0 Å². The first-order valence-electron chi connectivity index (χ1n) is 5.73. The maximum atomic E-state index is 8.52. The van der Waals surface area contributed by atoms with Crippen molar-refractivity contribution in [2.45, 2.75) is 0 Å². The van der Waals surface area contributed by atoms with Crippen molar-refractivity contribution < 1.29 is 26.5 Å². The summed E-state index contributed by atoms with van der Waals surface area (Å²) in [6.45, 7) is 8.90. The minimum Gasteiger partial charge on any atom is -0.759 e. The van der Waals surface area contributed by atoms with Gasteiger partial charge in [0.2, 0.25) is 6.67 Å². The standard InChI is InChI=1S/C9H18Cl2N2.H2O4S/c10-1-3-12-5-7-13(9-12,4-2-11)8-6-12;1-5(2,3)4/h1-9H2;(H2,1,2,3,4)/q+2;/p-2. The molecule has 0 aromatic carbocycles. The summed E-state index contributed by atoms with van der Waals surface area (Å²) < 4.78 is 36.6. The molecule has 9 heteroatoms. The van der Waals surface area contributed by atoms with Crippen LogP contribution in [0.5, 0.6) is 0 Å². The zero-order valence-electron chi connectivity index (χ0n) is 10.1. The van der Waals surface area contributed by atoms with Crippen LogP contribution in [0.2, 0.25) is 0 Å². The molecule has 0 aromatic rings. The lowest BCUT2D eigenvalue weighted by Crippen LogP contribution is -2.48. The van der Waals surface area contributed by atoms with Crippen LogP contribution >= 0.6 is 23.2 Å². The van der Waals surface area contributed by atoms with Gasteiger partial charge >= 0.3 is 0 Å². The zero-order chi connectivity index (χ0) is 13.9. The Labute approximate surface area is 118 Å². The average molecular weight is 321 g/mol. The molecule has 108 valence electrons. The minimum atomic E-state index is -5.17. The molecular formula is C9H18Cl2N2O4S. The summed E-state index contributed by atoms with van der Waals surface area (Å²) in [7, 11) is -5.17. The number of halogens is 2. The first kappa shape index (κ1) is 16.4. The number of hydrogen-bond donors (Lipinski definition) is 0. The summed E-state index contributed by atoms with van der Waals surface area (Å²) in [5.74, 6) is 1.61. The lowest BCUT2D eigenvalue weighted by Gasteiger charge is -2.26. The Hall–Kier alpha value is 0.370. The number of nitrogens with zero attached hydrogens (tertiary/aromatic N) is 2. The van der Waals surface area contributed by atoms with E-state index in [0.717, 1.165) is 24.8 Å². The fourth-order valence-electron chi connectivity index (χ4n) is 2.94. The second-order valence-electron chi connectivity index (χ2n) is 4.95. The topological polar surface area (TPSA) is 80.3 Å². The predicted molar refractivity (Wildman–Crippen MR) is 66.5 cm³/mol. The third-order valence-corrected chi connectivity index (χ3v) is 4.15. The summed E-state index contributed by atoms with van der Waals surface area (Å²) in [6.07, 6.45) is 0. The highest BCUT2D eigenvalue weighted by Crippen LogP contribution is 2.31. The van der Waals surface area contributed by atoms with Crippen molar-refractivity contribution in [2.75, 3.05) is 57.7 Å². The minimum absolute atomic E-state index is 0.806. The third kappa shape index (κ3) is 4.80. The van der Waals surface area contributed by atoms with Gasteiger partial charge in [0.1, 0.15) is 26.2 Å². The fraction of sp³-hybridized carbons (Fsp3) is 1.00. The number of fused-ring (bicyclic) bond motifs is 2. The van der Waals surface area contributed by atoms with E-state index in [1.54, 1.807) is 0 Å². The van der Waals surface area contributed by atoms with Crippen molar-refractivity contribution in [2.24, 2.45) is 0 Å². The van der Waals surface area contributed by atoms with E-state index in [1.807, 2.05) is 0 Å². The highest BCUT2D eigenvalue weighted by molar-refractivity contribution is 7.79. The molecule has 2 fully saturated rings. The Morgan fingerprint density at radius 3 is 1.39 bits per heavy atom. The number of rotatable bonds is 4. The number of quaternary nitrogens is 2. The quantitative estimate of drug-likeness (QED) is 0.309. The van der Waals surface area contributed by atoms with E-state index in [-0.39, 0.29) is 0 Å². The van der Waals surface area contributed by atoms with Crippen LogP contribution in [0.25, 0.3) is 0 Å². The number of alkyl halides is 2. The molecule has 2 aliphatic heterocycles. The molecule has 0 N–H and O–H groups in total. The maximum Gasteiger partial charge on any atom is 0.208 e. The van der Waals surface area contributed by atoms with E-state index in [9.17, 15) is 0 Å². The molecule has 0 aromatic heterocycles. The van der Waals surface area contributed by atoms with Crippen LogP contribution in [0.1, 0.15) is 0 Å². The summed E-state index contributed by atoms with van der Waals surface area (Å²) in [6, 6.07) is 0. The van der Waals surface area contributed by atoms with E-state index in [1.165, 1.54) is 41.8 Å². The molecule has 2 saturated heterocycles. The Morgan fingerprint density at radius 1 is 0.889 bits per heavy atom. The third-order valence-electron chi connectivity index (χ3n) is 3.82. The van der Waals surface area contributed by atoms with Crippen LogP contribution in [0.4, 0.5) is 0 Å².